The van der Waals surface area contributed by atoms with Crippen LogP contribution in [0, 0.1) is 5.82 Å². The molecule has 1 heterocycles. The van der Waals surface area contributed by atoms with Crippen LogP contribution in [-0.4, -0.2) is 66.1 Å². The molecule has 2 N–H and O–H groups in total. The van der Waals surface area contributed by atoms with E-state index in [1.165, 1.54) is 56.8 Å². The fraction of sp³-hybridized carbons (Fsp3) is 0.167. The van der Waals surface area contributed by atoms with Crippen LogP contribution >= 0.6 is 19.3 Å². The van der Waals surface area contributed by atoms with E-state index in [1.807, 2.05) is 0 Å². The number of hydrogen-bond donors (Lipinski definition) is 2. The van der Waals surface area contributed by atoms with Crippen molar-refractivity contribution in [1.82, 2.24) is 14.0 Å². The van der Waals surface area contributed by atoms with Crippen LogP contribution in [0.4, 0.5) is 4.39 Å². The monoisotopic (exact) mass is 513 g/mol. The maximum atomic E-state index is 14.2. The summed E-state index contributed by atoms with van der Waals surface area (Å²) in [4.78, 5) is 13.3. The van der Waals surface area contributed by atoms with Crippen molar-refractivity contribution in [1.29, 1.82) is 0 Å². The number of imidazole rings is 1. The van der Waals surface area contributed by atoms with Gasteiger partial charge in [-0.15, -0.1) is 4.49 Å². The summed E-state index contributed by atoms with van der Waals surface area (Å²) in [6.07, 6.45) is 1.40. The van der Waals surface area contributed by atoms with Gasteiger partial charge in [0.2, 0.25) is 10.0 Å². The van der Waals surface area contributed by atoms with E-state index in [9.17, 15) is 22.3 Å². The van der Waals surface area contributed by atoms with E-state index in [0.29, 0.717) is 16.9 Å². The summed E-state index contributed by atoms with van der Waals surface area (Å²) < 4.78 is 63.2. The Bertz CT molecular complexity index is 1260. The van der Waals surface area contributed by atoms with Gasteiger partial charge in [-0.2, -0.15) is 0 Å². The quantitative estimate of drug-likeness (QED) is 0.351. The van der Waals surface area contributed by atoms with Gasteiger partial charge in [-0.1, -0.05) is 11.6 Å². The van der Waals surface area contributed by atoms with Crippen molar-refractivity contribution in [2.24, 2.45) is 0 Å². The number of methoxy groups -OCH3 is 1. The Labute approximate surface area is 211 Å². The van der Waals surface area contributed by atoms with Crippen molar-refractivity contribution in [2.75, 3.05) is 13.7 Å². The molecule has 0 aliphatic carbocycles. The Morgan fingerprint density at radius 1 is 1.25 bits per heavy atom. The van der Waals surface area contributed by atoms with Gasteiger partial charge in [0.15, 0.2) is 16.7 Å². The number of aromatic nitrogens is 2. The number of halogens is 2. The van der Waals surface area contributed by atoms with Crippen LogP contribution in [-0.2, 0) is 19.1 Å². The molecule has 1 aromatic heterocycles. The van der Waals surface area contributed by atoms with Crippen LogP contribution in [0.1, 0.15) is 6.92 Å². The van der Waals surface area contributed by atoms with Gasteiger partial charge in [-0.25, -0.2) is 22.4 Å². The summed E-state index contributed by atoms with van der Waals surface area (Å²) in [6.45, 7) is 1.31. The summed E-state index contributed by atoms with van der Waals surface area (Å²) in [6, 6.07) is 9.65. The van der Waals surface area contributed by atoms with Gasteiger partial charge in [0.25, 0.3) is 0 Å². The standard InChI is InChI=1S/C18H18ClFN3O6PS.Na.H/c1-3-29-30(24,25)22-31(26,27)14-7-5-13(6-8-14)23-11-21-18(19)17(23)12-4-9-16(28-2)15(20)10-12;;/h4-11H,3H2,1-2H3,(H2,22,24,25);;. The van der Waals surface area contributed by atoms with Gasteiger partial charge < -0.3 is 9.63 Å². The van der Waals surface area contributed by atoms with Gasteiger partial charge in [-0.05, 0) is 49.4 Å². The molecule has 0 amide bonds. The van der Waals surface area contributed by atoms with Crippen LogP contribution < -0.4 is 9.23 Å². The summed E-state index contributed by atoms with van der Waals surface area (Å²) in [7, 11) is -7.48. The first kappa shape index (κ1) is 27.0. The molecule has 0 saturated heterocycles. The van der Waals surface area contributed by atoms with Crippen molar-refractivity contribution in [3.8, 4) is 22.7 Å². The van der Waals surface area contributed by atoms with Crippen molar-refractivity contribution in [2.45, 2.75) is 11.8 Å². The molecule has 9 nitrogen and oxygen atoms in total. The molecule has 3 rings (SSSR count). The van der Waals surface area contributed by atoms with E-state index in [1.54, 1.807) is 15.1 Å². The third kappa shape index (κ3) is 5.99. The SMILES string of the molecule is CCOP(=O)(O)NS(=O)(=O)c1ccc(-n2cnc(Cl)c2-c2ccc(OC)c(F)c2)cc1.[NaH]. The number of nitrogens with zero attached hydrogens (tertiary/aromatic N) is 2. The molecule has 0 fully saturated rings. The van der Waals surface area contributed by atoms with Crippen LogP contribution in [0.25, 0.3) is 16.9 Å². The molecule has 0 spiro atoms. The van der Waals surface area contributed by atoms with Crippen LogP contribution in [0.5, 0.6) is 5.75 Å². The minimum atomic E-state index is -4.52. The van der Waals surface area contributed by atoms with Crippen molar-refractivity contribution >= 4 is 58.9 Å². The average Bonchev–Trinajstić information content (AvgIpc) is 3.08. The number of sulfonamides is 1. The van der Waals surface area contributed by atoms with Gasteiger partial charge in [0, 0.05) is 11.3 Å². The molecular weight excluding hydrogens is 495 g/mol. The Morgan fingerprint density at radius 2 is 1.91 bits per heavy atom. The predicted molar refractivity (Wildman–Crippen MR) is 119 cm³/mol. The third-order valence-corrected chi connectivity index (χ3v) is 7.77. The molecule has 1 atom stereocenters. The molecule has 3 aromatic rings. The van der Waals surface area contributed by atoms with E-state index in [0.717, 1.165) is 0 Å². The first-order chi connectivity index (χ1) is 14.6. The van der Waals surface area contributed by atoms with E-state index in [-0.39, 0.29) is 52.0 Å². The Balaban J connectivity index is 0.00000363. The maximum absolute atomic E-state index is 14.2. The number of rotatable bonds is 8. The average molecular weight is 514 g/mol. The molecule has 0 saturated carbocycles. The molecule has 0 aliphatic rings. The zero-order valence-electron chi connectivity index (χ0n) is 16.3. The molecule has 0 bridgehead atoms. The first-order valence-corrected chi connectivity index (χ1v) is 12.2. The number of ether oxygens (including phenoxy) is 1. The molecule has 14 heteroatoms. The summed E-state index contributed by atoms with van der Waals surface area (Å²) in [5, 5.41) is 0.112. The molecule has 2 aromatic carbocycles. The predicted octanol–water partition coefficient (Wildman–Crippen LogP) is 3.11. The van der Waals surface area contributed by atoms with Crippen molar-refractivity contribution in [3.05, 3.63) is 59.8 Å². The van der Waals surface area contributed by atoms with Gasteiger partial charge >= 0.3 is 37.3 Å². The second-order valence-corrected chi connectivity index (χ2v) is 10.00. The van der Waals surface area contributed by atoms with Gasteiger partial charge in [0.05, 0.1) is 24.3 Å². The Kier molecular flexibility index (Phi) is 9.08. The number of nitrogens with one attached hydrogen (secondary N) is 1. The zero-order chi connectivity index (χ0) is 22.8. The third-order valence-electron chi connectivity index (χ3n) is 4.11. The van der Waals surface area contributed by atoms with Gasteiger partial charge in [-0.3, -0.25) is 9.09 Å². The summed E-state index contributed by atoms with van der Waals surface area (Å²) >= 11 is 6.20. The second kappa shape index (κ2) is 10.8. The molecule has 168 valence electrons. The molecule has 32 heavy (non-hydrogen) atoms. The van der Waals surface area contributed by atoms with E-state index in [2.05, 4.69) is 9.51 Å². The molecule has 0 aliphatic heterocycles. The number of hydrogen-bond acceptors (Lipinski definition) is 6. The zero-order valence-corrected chi connectivity index (χ0v) is 18.8. The van der Waals surface area contributed by atoms with Gasteiger partial charge in [0.1, 0.15) is 6.33 Å². The topological polar surface area (TPSA) is 120 Å². The Morgan fingerprint density at radius 3 is 2.47 bits per heavy atom. The van der Waals surface area contributed by atoms with Crippen LogP contribution in [0.15, 0.2) is 53.7 Å². The first-order valence-electron chi connectivity index (χ1n) is 8.76. The fourth-order valence-electron chi connectivity index (χ4n) is 2.79. The van der Waals surface area contributed by atoms with E-state index >= 15 is 0 Å². The Hall–Kier alpha value is -1.27. The summed E-state index contributed by atoms with van der Waals surface area (Å²) in [5.41, 5.74) is 1.28. The minimum absolute atomic E-state index is 0. The van der Waals surface area contributed by atoms with Crippen LogP contribution in [0.3, 0.4) is 0 Å². The van der Waals surface area contributed by atoms with E-state index < -0.39 is 23.6 Å². The molecule has 0 radical (unpaired) electrons. The number of benzene rings is 2. The van der Waals surface area contributed by atoms with Crippen LogP contribution in [0.2, 0.25) is 5.15 Å². The molecular formula is C18H19ClFN3NaO6PS. The summed E-state index contributed by atoms with van der Waals surface area (Å²) in [5.74, 6) is -0.514. The normalized spacial score (nSPS) is 13.3. The molecule has 1 unspecified atom stereocenters. The van der Waals surface area contributed by atoms with E-state index in [4.69, 9.17) is 16.3 Å². The van der Waals surface area contributed by atoms with Crippen molar-refractivity contribution < 1.29 is 31.5 Å². The van der Waals surface area contributed by atoms with Crippen molar-refractivity contribution in [3.63, 3.8) is 0 Å². The fourth-order valence-corrected chi connectivity index (χ4v) is 5.72. The second-order valence-electron chi connectivity index (χ2n) is 6.13.